The predicted octanol–water partition coefficient (Wildman–Crippen LogP) is 2.49. The van der Waals surface area contributed by atoms with Crippen molar-refractivity contribution in [1.29, 1.82) is 0 Å². The van der Waals surface area contributed by atoms with Crippen LogP contribution in [0.25, 0.3) is 0 Å². The van der Waals surface area contributed by atoms with Crippen LogP contribution in [0.2, 0.25) is 0 Å². The van der Waals surface area contributed by atoms with Crippen molar-refractivity contribution in [2.45, 2.75) is 37.6 Å². The number of nitrogens with zero attached hydrogens (tertiary/aromatic N) is 1. The Morgan fingerprint density at radius 2 is 1.84 bits per heavy atom. The van der Waals surface area contributed by atoms with E-state index in [0.29, 0.717) is 36.5 Å². The Bertz CT molecular complexity index is 614. The number of rotatable bonds is 9. The number of morpholine rings is 1. The van der Waals surface area contributed by atoms with Gasteiger partial charge in [0.1, 0.15) is 0 Å². The van der Waals surface area contributed by atoms with Crippen molar-refractivity contribution in [3.63, 3.8) is 0 Å². The molecule has 1 aliphatic heterocycles. The number of sulfonamides is 1. The molecule has 0 aliphatic carbocycles. The van der Waals surface area contributed by atoms with Crippen LogP contribution in [-0.4, -0.2) is 58.1 Å². The van der Waals surface area contributed by atoms with Crippen LogP contribution in [0.15, 0.2) is 29.2 Å². The lowest BCUT2D eigenvalue weighted by molar-refractivity contribution is 0.00776. The standard InChI is InChI=1S/C18H29ClN2O3S/c1-15(2)18(21-10-12-24-13-11-21)14-20-25(22,23)17-7-5-16(6-8-17)4-3-9-19/h5-8,15,18,20H,3-4,9-14H2,1-2H3. The highest BCUT2D eigenvalue weighted by Gasteiger charge is 2.25. The van der Waals surface area contributed by atoms with Gasteiger partial charge in [0.05, 0.1) is 18.1 Å². The Labute approximate surface area is 156 Å². The largest absolute Gasteiger partial charge is 0.379 e. The van der Waals surface area contributed by atoms with Gasteiger partial charge >= 0.3 is 0 Å². The summed E-state index contributed by atoms with van der Waals surface area (Å²) < 4.78 is 33.4. The second kappa shape index (κ2) is 9.88. The van der Waals surface area contributed by atoms with Gasteiger partial charge in [-0.1, -0.05) is 26.0 Å². The number of nitrogens with one attached hydrogen (secondary N) is 1. The maximum absolute atomic E-state index is 12.6. The lowest BCUT2D eigenvalue weighted by Gasteiger charge is -2.36. The first-order valence-corrected chi connectivity index (χ1v) is 10.9. The molecular weight excluding hydrogens is 360 g/mol. The molecule has 5 nitrogen and oxygen atoms in total. The molecule has 1 aromatic rings. The number of alkyl halides is 1. The molecule has 0 bridgehead atoms. The van der Waals surface area contributed by atoms with Crippen molar-refractivity contribution >= 4 is 21.6 Å². The van der Waals surface area contributed by atoms with Crippen LogP contribution in [-0.2, 0) is 21.2 Å². The zero-order chi connectivity index (χ0) is 18.3. The van der Waals surface area contributed by atoms with Crippen molar-refractivity contribution in [1.82, 2.24) is 9.62 Å². The maximum Gasteiger partial charge on any atom is 0.240 e. The van der Waals surface area contributed by atoms with E-state index in [1.165, 1.54) is 0 Å². The third kappa shape index (κ3) is 6.22. The summed E-state index contributed by atoms with van der Waals surface area (Å²) in [5.74, 6) is 0.971. The van der Waals surface area contributed by atoms with Crippen LogP contribution in [0.5, 0.6) is 0 Å². The molecule has 1 heterocycles. The summed E-state index contributed by atoms with van der Waals surface area (Å²) in [6.45, 7) is 7.77. The van der Waals surface area contributed by atoms with E-state index in [4.69, 9.17) is 16.3 Å². The Morgan fingerprint density at radius 1 is 1.20 bits per heavy atom. The van der Waals surface area contributed by atoms with Gasteiger partial charge in [-0.05, 0) is 36.5 Å². The van der Waals surface area contributed by atoms with Gasteiger partial charge in [-0.3, -0.25) is 4.90 Å². The van der Waals surface area contributed by atoms with Crippen LogP contribution in [0.1, 0.15) is 25.8 Å². The molecule has 0 amide bonds. The first-order chi connectivity index (χ1) is 11.9. The van der Waals surface area contributed by atoms with Gasteiger partial charge in [0.15, 0.2) is 0 Å². The number of hydrogen-bond donors (Lipinski definition) is 1. The lowest BCUT2D eigenvalue weighted by atomic mass is 10.0. The summed E-state index contributed by atoms with van der Waals surface area (Å²) >= 11 is 5.70. The van der Waals surface area contributed by atoms with Gasteiger partial charge in [0.2, 0.25) is 10.0 Å². The Balaban J connectivity index is 1.98. The monoisotopic (exact) mass is 388 g/mol. The van der Waals surface area contributed by atoms with E-state index in [1.54, 1.807) is 12.1 Å². The smallest absolute Gasteiger partial charge is 0.240 e. The number of halogens is 1. The number of aryl methyl sites for hydroxylation is 1. The zero-order valence-electron chi connectivity index (χ0n) is 15.1. The summed E-state index contributed by atoms with van der Waals surface area (Å²) in [6.07, 6.45) is 1.76. The van der Waals surface area contributed by atoms with Crippen molar-refractivity contribution in [2.75, 3.05) is 38.7 Å². The van der Waals surface area contributed by atoms with Crippen LogP contribution in [0.3, 0.4) is 0 Å². The number of ether oxygens (including phenoxy) is 1. The average molecular weight is 389 g/mol. The van der Waals surface area contributed by atoms with Crippen molar-refractivity contribution in [2.24, 2.45) is 5.92 Å². The Morgan fingerprint density at radius 3 is 2.40 bits per heavy atom. The molecule has 25 heavy (non-hydrogen) atoms. The molecule has 1 fully saturated rings. The molecule has 2 rings (SSSR count). The van der Waals surface area contributed by atoms with Crippen LogP contribution >= 0.6 is 11.6 Å². The lowest BCUT2D eigenvalue weighted by Crippen LogP contribution is -2.51. The van der Waals surface area contributed by atoms with E-state index in [0.717, 1.165) is 31.5 Å². The highest BCUT2D eigenvalue weighted by Crippen LogP contribution is 2.15. The van der Waals surface area contributed by atoms with Gasteiger partial charge in [0, 0.05) is 31.6 Å². The zero-order valence-corrected chi connectivity index (χ0v) is 16.7. The van der Waals surface area contributed by atoms with E-state index in [9.17, 15) is 8.42 Å². The SMILES string of the molecule is CC(C)C(CNS(=O)(=O)c1ccc(CCCCl)cc1)N1CCOCC1. The third-order valence-corrected chi connectivity index (χ3v) is 6.31. The minimum Gasteiger partial charge on any atom is -0.379 e. The third-order valence-electron chi connectivity index (χ3n) is 4.60. The Kier molecular flexibility index (Phi) is 8.16. The molecule has 1 N–H and O–H groups in total. The quantitative estimate of drug-likeness (QED) is 0.660. The topological polar surface area (TPSA) is 58.6 Å². The van der Waals surface area contributed by atoms with Crippen LogP contribution < -0.4 is 4.72 Å². The van der Waals surface area contributed by atoms with E-state index in [1.807, 2.05) is 12.1 Å². The second-order valence-electron chi connectivity index (χ2n) is 6.75. The van der Waals surface area contributed by atoms with Gasteiger partial charge in [-0.25, -0.2) is 13.1 Å². The Hall–Kier alpha value is -0.660. The highest BCUT2D eigenvalue weighted by molar-refractivity contribution is 7.89. The summed E-state index contributed by atoms with van der Waals surface area (Å²) in [7, 11) is -3.50. The van der Waals surface area contributed by atoms with E-state index >= 15 is 0 Å². The van der Waals surface area contributed by atoms with E-state index in [-0.39, 0.29) is 6.04 Å². The minimum absolute atomic E-state index is 0.168. The van der Waals surface area contributed by atoms with Gasteiger partial charge in [-0.15, -0.1) is 11.6 Å². The fraction of sp³-hybridized carbons (Fsp3) is 0.667. The van der Waals surface area contributed by atoms with Gasteiger partial charge < -0.3 is 4.74 Å². The average Bonchev–Trinajstić information content (AvgIpc) is 2.61. The normalized spacial score (nSPS) is 17.8. The van der Waals surface area contributed by atoms with Gasteiger partial charge in [0.25, 0.3) is 0 Å². The molecule has 7 heteroatoms. The fourth-order valence-corrected chi connectivity index (χ4v) is 4.27. The number of benzene rings is 1. The minimum atomic E-state index is -3.50. The maximum atomic E-state index is 12.6. The van der Waals surface area contributed by atoms with Crippen molar-refractivity contribution in [3.8, 4) is 0 Å². The summed E-state index contributed by atoms with van der Waals surface area (Å²) in [5.41, 5.74) is 1.10. The van der Waals surface area contributed by atoms with Crippen LogP contribution in [0.4, 0.5) is 0 Å². The highest BCUT2D eigenvalue weighted by atomic mass is 35.5. The first kappa shape index (κ1) is 20.6. The summed E-state index contributed by atoms with van der Waals surface area (Å²) in [4.78, 5) is 2.62. The van der Waals surface area contributed by atoms with Crippen molar-refractivity contribution in [3.05, 3.63) is 29.8 Å². The van der Waals surface area contributed by atoms with E-state index < -0.39 is 10.0 Å². The molecule has 0 saturated carbocycles. The molecule has 1 unspecified atom stereocenters. The molecule has 1 aromatic carbocycles. The predicted molar refractivity (Wildman–Crippen MR) is 102 cm³/mol. The molecule has 1 atom stereocenters. The summed E-state index contributed by atoms with van der Waals surface area (Å²) in [6, 6.07) is 7.24. The second-order valence-corrected chi connectivity index (χ2v) is 8.89. The molecule has 1 saturated heterocycles. The molecule has 142 valence electrons. The van der Waals surface area contributed by atoms with Crippen molar-refractivity contribution < 1.29 is 13.2 Å². The molecule has 1 aliphatic rings. The summed E-state index contributed by atoms with van der Waals surface area (Å²) in [5, 5.41) is 0. The van der Waals surface area contributed by atoms with Crippen LogP contribution in [0, 0.1) is 5.92 Å². The number of hydrogen-bond acceptors (Lipinski definition) is 4. The van der Waals surface area contributed by atoms with E-state index in [2.05, 4.69) is 23.5 Å². The first-order valence-electron chi connectivity index (χ1n) is 8.90. The fourth-order valence-electron chi connectivity index (χ4n) is 3.08. The molecule has 0 radical (unpaired) electrons. The van der Waals surface area contributed by atoms with Gasteiger partial charge in [-0.2, -0.15) is 0 Å². The molecular formula is C18H29ClN2O3S. The molecule has 0 spiro atoms. The molecule has 0 aromatic heterocycles.